The summed E-state index contributed by atoms with van der Waals surface area (Å²) in [5, 5.41) is 2.81. The molecule has 0 radical (unpaired) electrons. The lowest BCUT2D eigenvalue weighted by molar-refractivity contribution is -0.140. The van der Waals surface area contributed by atoms with E-state index in [1.807, 2.05) is 28.0 Å². The fourth-order valence-corrected chi connectivity index (χ4v) is 4.56. The van der Waals surface area contributed by atoms with Gasteiger partial charge < -0.3 is 10.2 Å². The first kappa shape index (κ1) is 21.5. The molecule has 4 rings (SSSR count). The first-order valence-corrected chi connectivity index (χ1v) is 11.1. The van der Waals surface area contributed by atoms with Crippen molar-refractivity contribution in [1.29, 1.82) is 0 Å². The minimum absolute atomic E-state index is 0.0842. The van der Waals surface area contributed by atoms with Crippen LogP contribution in [-0.2, 0) is 22.6 Å². The van der Waals surface area contributed by atoms with E-state index in [-0.39, 0.29) is 30.7 Å². The number of nitrogens with one attached hydrogen (secondary N) is 1. The van der Waals surface area contributed by atoms with Crippen LogP contribution in [0.5, 0.6) is 0 Å². The predicted octanol–water partition coefficient (Wildman–Crippen LogP) is 3.30. The number of carbonyl (C=O) groups is 2. The van der Waals surface area contributed by atoms with E-state index in [0.29, 0.717) is 18.0 Å². The number of hydrogen-bond donors (Lipinski definition) is 1. The lowest BCUT2D eigenvalue weighted by Crippen LogP contribution is -2.50. The standard InChI is InChI=1S/C25H30FN3O2/c1-18-10-13-28(14-11-18)25(31)24-21-8-4-2-6-19(21)12-15-29(24)17-23(30)27-16-20-7-3-5-9-22(20)26/h2-9,18,24H,10-17H2,1H3,(H,27,30). The molecule has 2 aromatic carbocycles. The predicted molar refractivity (Wildman–Crippen MR) is 118 cm³/mol. The largest absolute Gasteiger partial charge is 0.351 e. The Labute approximate surface area is 183 Å². The molecule has 2 aliphatic heterocycles. The summed E-state index contributed by atoms with van der Waals surface area (Å²) < 4.78 is 13.9. The van der Waals surface area contributed by atoms with E-state index in [1.165, 1.54) is 11.6 Å². The Morgan fingerprint density at radius 2 is 1.74 bits per heavy atom. The van der Waals surface area contributed by atoms with Crippen LogP contribution in [0.25, 0.3) is 0 Å². The van der Waals surface area contributed by atoms with E-state index in [9.17, 15) is 14.0 Å². The number of rotatable bonds is 5. The van der Waals surface area contributed by atoms with Crippen LogP contribution in [0.4, 0.5) is 4.39 Å². The number of likely N-dealkylation sites (tertiary alicyclic amines) is 1. The molecule has 1 N–H and O–H groups in total. The molecule has 2 heterocycles. The van der Waals surface area contributed by atoms with Gasteiger partial charge in [0.15, 0.2) is 0 Å². The van der Waals surface area contributed by atoms with Gasteiger partial charge >= 0.3 is 0 Å². The molecular weight excluding hydrogens is 393 g/mol. The van der Waals surface area contributed by atoms with Crippen molar-refractivity contribution >= 4 is 11.8 Å². The van der Waals surface area contributed by atoms with Crippen molar-refractivity contribution in [2.24, 2.45) is 5.92 Å². The van der Waals surface area contributed by atoms with Gasteiger partial charge in [-0.05, 0) is 42.4 Å². The van der Waals surface area contributed by atoms with E-state index in [4.69, 9.17) is 0 Å². The van der Waals surface area contributed by atoms with Crippen LogP contribution in [0.1, 0.15) is 42.5 Å². The second-order valence-corrected chi connectivity index (χ2v) is 8.70. The lowest BCUT2D eigenvalue weighted by atomic mass is 9.90. The molecule has 0 spiro atoms. The summed E-state index contributed by atoms with van der Waals surface area (Å²) in [6, 6.07) is 14.0. The second kappa shape index (κ2) is 9.60. The molecule has 0 aromatic heterocycles. The first-order chi connectivity index (χ1) is 15.0. The number of halogens is 1. The molecule has 6 heteroatoms. The molecule has 0 aliphatic carbocycles. The average molecular weight is 424 g/mol. The van der Waals surface area contributed by atoms with Crippen LogP contribution in [-0.4, -0.2) is 47.8 Å². The lowest BCUT2D eigenvalue weighted by Gasteiger charge is -2.40. The smallest absolute Gasteiger partial charge is 0.244 e. The summed E-state index contributed by atoms with van der Waals surface area (Å²) in [7, 11) is 0. The number of hydrogen-bond acceptors (Lipinski definition) is 3. The minimum atomic E-state index is -0.447. The second-order valence-electron chi connectivity index (χ2n) is 8.70. The molecular formula is C25H30FN3O2. The zero-order valence-corrected chi connectivity index (χ0v) is 18.0. The monoisotopic (exact) mass is 423 g/mol. The number of amides is 2. The van der Waals surface area contributed by atoms with Crippen LogP contribution in [0.15, 0.2) is 48.5 Å². The first-order valence-electron chi connectivity index (χ1n) is 11.1. The van der Waals surface area contributed by atoms with Gasteiger partial charge in [-0.25, -0.2) is 4.39 Å². The van der Waals surface area contributed by atoms with Crippen molar-refractivity contribution in [2.75, 3.05) is 26.2 Å². The van der Waals surface area contributed by atoms with Crippen LogP contribution in [0.2, 0.25) is 0 Å². The summed E-state index contributed by atoms with van der Waals surface area (Å²) in [5.41, 5.74) is 2.63. The highest BCUT2D eigenvalue weighted by Gasteiger charge is 2.37. The summed E-state index contributed by atoms with van der Waals surface area (Å²) in [6.45, 7) is 4.66. The van der Waals surface area contributed by atoms with Gasteiger partial charge in [-0.2, -0.15) is 0 Å². The van der Waals surface area contributed by atoms with Gasteiger partial charge in [0.05, 0.1) is 6.54 Å². The molecule has 164 valence electrons. The zero-order chi connectivity index (χ0) is 21.8. The number of piperidine rings is 1. The third-order valence-corrected chi connectivity index (χ3v) is 6.49. The van der Waals surface area contributed by atoms with Gasteiger partial charge in [0.25, 0.3) is 0 Å². The molecule has 1 fully saturated rings. The van der Waals surface area contributed by atoms with Gasteiger partial charge in [-0.15, -0.1) is 0 Å². The molecule has 2 aromatic rings. The van der Waals surface area contributed by atoms with E-state index in [0.717, 1.165) is 37.9 Å². The Morgan fingerprint density at radius 3 is 2.52 bits per heavy atom. The number of fused-ring (bicyclic) bond motifs is 1. The molecule has 0 saturated carbocycles. The maximum absolute atomic E-state index is 13.9. The molecule has 2 amide bonds. The van der Waals surface area contributed by atoms with Crippen molar-refractivity contribution < 1.29 is 14.0 Å². The van der Waals surface area contributed by atoms with Gasteiger partial charge in [-0.1, -0.05) is 49.4 Å². The molecule has 31 heavy (non-hydrogen) atoms. The normalized spacial score (nSPS) is 19.7. The Kier molecular flexibility index (Phi) is 6.66. The fourth-order valence-electron chi connectivity index (χ4n) is 4.56. The van der Waals surface area contributed by atoms with E-state index in [1.54, 1.807) is 18.2 Å². The Hall–Kier alpha value is -2.73. The fraction of sp³-hybridized carbons (Fsp3) is 0.440. The van der Waals surface area contributed by atoms with Gasteiger partial charge in [0.1, 0.15) is 11.9 Å². The van der Waals surface area contributed by atoms with Gasteiger partial charge in [0, 0.05) is 31.7 Å². The highest BCUT2D eigenvalue weighted by molar-refractivity contribution is 5.85. The highest BCUT2D eigenvalue weighted by Crippen LogP contribution is 2.32. The van der Waals surface area contributed by atoms with Crippen molar-refractivity contribution in [3.05, 3.63) is 71.0 Å². The number of carbonyl (C=O) groups excluding carboxylic acids is 2. The van der Waals surface area contributed by atoms with Crippen molar-refractivity contribution in [3.63, 3.8) is 0 Å². The molecule has 1 unspecified atom stereocenters. The Morgan fingerprint density at radius 1 is 1.03 bits per heavy atom. The van der Waals surface area contributed by atoms with Gasteiger partial charge in [0.2, 0.25) is 11.8 Å². The van der Waals surface area contributed by atoms with E-state index >= 15 is 0 Å². The SMILES string of the molecule is CC1CCN(C(=O)C2c3ccccc3CCN2CC(=O)NCc2ccccc2F)CC1. The van der Waals surface area contributed by atoms with Crippen molar-refractivity contribution in [1.82, 2.24) is 15.1 Å². The third-order valence-electron chi connectivity index (χ3n) is 6.49. The van der Waals surface area contributed by atoms with Gasteiger partial charge in [-0.3, -0.25) is 14.5 Å². The maximum Gasteiger partial charge on any atom is 0.244 e. The molecule has 1 saturated heterocycles. The Balaban J connectivity index is 1.48. The van der Waals surface area contributed by atoms with Crippen LogP contribution in [0, 0.1) is 11.7 Å². The molecule has 1 atom stereocenters. The molecule has 2 aliphatic rings. The Bertz CT molecular complexity index is 940. The highest BCUT2D eigenvalue weighted by atomic mass is 19.1. The van der Waals surface area contributed by atoms with Crippen LogP contribution >= 0.6 is 0 Å². The molecule has 5 nitrogen and oxygen atoms in total. The van der Waals surface area contributed by atoms with Crippen molar-refractivity contribution in [3.8, 4) is 0 Å². The summed E-state index contributed by atoms with van der Waals surface area (Å²) >= 11 is 0. The number of nitrogens with zero attached hydrogens (tertiary/aromatic N) is 2. The van der Waals surface area contributed by atoms with Crippen LogP contribution in [0.3, 0.4) is 0 Å². The molecule has 0 bridgehead atoms. The minimum Gasteiger partial charge on any atom is -0.351 e. The zero-order valence-electron chi connectivity index (χ0n) is 18.0. The van der Waals surface area contributed by atoms with E-state index < -0.39 is 6.04 Å². The number of benzene rings is 2. The average Bonchev–Trinajstić information content (AvgIpc) is 2.78. The summed E-state index contributed by atoms with van der Waals surface area (Å²) in [4.78, 5) is 30.2. The van der Waals surface area contributed by atoms with E-state index in [2.05, 4.69) is 18.3 Å². The summed E-state index contributed by atoms with van der Waals surface area (Å²) in [6.07, 6.45) is 2.84. The summed E-state index contributed by atoms with van der Waals surface area (Å²) in [5.74, 6) is 0.193. The quantitative estimate of drug-likeness (QED) is 0.803. The van der Waals surface area contributed by atoms with Crippen molar-refractivity contribution in [2.45, 2.75) is 38.8 Å². The van der Waals surface area contributed by atoms with Crippen LogP contribution < -0.4 is 5.32 Å². The maximum atomic E-state index is 13.9. The topological polar surface area (TPSA) is 52.7 Å². The third kappa shape index (κ3) is 4.96.